The van der Waals surface area contributed by atoms with Crippen molar-refractivity contribution in [3.63, 3.8) is 0 Å². The molecule has 2 N–H and O–H groups in total. The fraction of sp³-hybridized carbons (Fsp3) is 0.500. The number of rotatable bonds is 4. The molecule has 0 aromatic rings. The third kappa shape index (κ3) is 3.07. The Labute approximate surface area is 58.4 Å². The van der Waals surface area contributed by atoms with Crippen molar-refractivity contribution in [2.24, 2.45) is 0 Å². The Bertz CT molecular complexity index is 137. The van der Waals surface area contributed by atoms with Crippen LogP contribution in [0.5, 0.6) is 0 Å². The first-order chi connectivity index (χ1) is 4.72. The molecule has 0 aromatic heterocycles. The van der Waals surface area contributed by atoms with Crippen LogP contribution in [0.15, 0.2) is 0 Å². The van der Waals surface area contributed by atoms with E-state index in [0.717, 1.165) is 0 Å². The number of hydrogen-bond acceptors (Lipinski definition) is 4. The van der Waals surface area contributed by atoms with E-state index >= 15 is 0 Å². The molecule has 0 radical (unpaired) electrons. The Hall–Kier alpha value is -1.05. The van der Waals surface area contributed by atoms with E-state index in [4.69, 9.17) is 16.6 Å². The van der Waals surface area contributed by atoms with Crippen molar-refractivity contribution in [2.75, 3.05) is 6.61 Å². The van der Waals surface area contributed by atoms with E-state index in [2.05, 4.69) is 4.74 Å². The van der Waals surface area contributed by atoms with Gasteiger partial charge in [0.15, 0.2) is 0 Å². The van der Waals surface area contributed by atoms with Gasteiger partial charge in [0.2, 0.25) is 0 Å². The molecule has 0 amide bonds. The molecule has 0 aromatic carbocycles. The van der Waals surface area contributed by atoms with Gasteiger partial charge in [0.25, 0.3) is 6.47 Å². The fourth-order valence-electron chi connectivity index (χ4n) is 0.340. The van der Waals surface area contributed by atoms with Crippen LogP contribution >= 0.6 is 0 Å². The molecule has 0 aliphatic carbocycles. The first-order valence-electron chi connectivity index (χ1n) is 2.60. The zero-order valence-corrected chi connectivity index (χ0v) is 5.23. The highest BCUT2D eigenvalue weighted by atomic mass is 16.5. The number of aliphatic hydroxyl groups is 2. The molecule has 0 aliphatic heterocycles. The van der Waals surface area contributed by atoms with Gasteiger partial charge in [-0.1, -0.05) is 5.92 Å². The average molecular weight is 144 g/mol. The van der Waals surface area contributed by atoms with Gasteiger partial charge in [-0.3, -0.25) is 4.79 Å². The topological polar surface area (TPSA) is 66.8 Å². The van der Waals surface area contributed by atoms with Crippen molar-refractivity contribution in [1.29, 1.82) is 0 Å². The van der Waals surface area contributed by atoms with Crippen LogP contribution in [0.3, 0.4) is 0 Å². The van der Waals surface area contributed by atoms with Crippen LogP contribution in [-0.4, -0.2) is 35.5 Å². The summed E-state index contributed by atoms with van der Waals surface area (Å²) in [5.41, 5.74) is 0. The van der Waals surface area contributed by atoms with Crippen molar-refractivity contribution in [1.82, 2.24) is 0 Å². The predicted octanol–water partition coefficient (Wildman–Crippen LogP) is -1.49. The summed E-state index contributed by atoms with van der Waals surface area (Å²) in [5, 5.41) is 17.4. The highest BCUT2D eigenvalue weighted by Crippen LogP contribution is 1.90. The minimum Gasteiger partial charge on any atom is -0.465 e. The maximum absolute atomic E-state index is 9.55. The standard InChI is InChI=1S/C6H8O4/c1-2-5(8)6(9)3-10-4-7/h1,4-6,8-9H,3H2. The van der Waals surface area contributed by atoms with Crippen LogP contribution in [0.1, 0.15) is 0 Å². The second kappa shape index (κ2) is 4.79. The largest absolute Gasteiger partial charge is 0.465 e. The first kappa shape index (κ1) is 8.95. The summed E-state index contributed by atoms with van der Waals surface area (Å²) in [5.74, 6) is 1.88. The molecule has 56 valence electrons. The van der Waals surface area contributed by atoms with Gasteiger partial charge in [-0.2, -0.15) is 0 Å². The van der Waals surface area contributed by atoms with Crippen molar-refractivity contribution < 1.29 is 19.7 Å². The van der Waals surface area contributed by atoms with E-state index in [9.17, 15) is 4.79 Å². The summed E-state index contributed by atoms with van der Waals surface area (Å²) in [7, 11) is 0. The van der Waals surface area contributed by atoms with E-state index in [1.54, 1.807) is 0 Å². The van der Waals surface area contributed by atoms with Crippen LogP contribution in [0.25, 0.3) is 0 Å². The molecule has 10 heavy (non-hydrogen) atoms. The predicted molar refractivity (Wildman–Crippen MR) is 32.9 cm³/mol. The number of ether oxygens (including phenoxy) is 1. The van der Waals surface area contributed by atoms with Gasteiger partial charge in [0.05, 0.1) is 0 Å². The molecule has 0 rings (SSSR count). The molecule has 0 aliphatic rings. The highest BCUT2D eigenvalue weighted by Gasteiger charge is 2.12. The zero-order valence-electron chi connectivity index (χ0n) is 5.23. The Balaban J connectivity index is 3.52. The second-order valence-corrected chi connectivity index (χ2v) is 1.61. The Morgan fingerprint density at radius 2 is 2.30 bits per heavy atom. The van der Waals surface area contributed by atoms with Crippen molar-refractivity contribution >= 4 is 6.47 Å². The summed E-state index contributed by atoms with van der Waals surface area (Å²) in [4.78, 5) is 9.55. The molecule has 0 heterocycles. The molecule has 4 nitrogen and oxygen atoms in total. The third-order valence-corrected chi connectivity index (χ3v) is 0.870. The van der Waals surface area contributed by atoms with Crippen LogP contribution in [0, 0.1) is 12.3 Å². The quantitative estimate of drug-likeness (QED) is 0.373. The Morgan fingerprint density at radius 1 is 1.70 bits per heavy atom. The number of terminal acetylenes is 1. The summed E-state index contributed by atoms with van der Waals surface area (Å²) in [6, 6.07) is 0. The van der Waals surface area contributed by atoms with Gasteiger partial charge in [-0.15, -0.1) is 6.42 Å². The highest BCUT2D eigenvalue weighted by molar-refractivity contribution is 5.36. The van der Waals surface area contributed by atoms with Gasteiger partial charge in [0, 0.05) is 0 Å². The van der Waals surface area contributed by atoms with E-state index in [0.29, 0.717) is 0 Å². The summed E-state index contributed by atoms with van der Waals surface area (Å²) < 4.78 is 4.13. The molecule has 2 unspecified atom stereocenters. The van der Waals surface area contributed by atoms with Crippen LogP contribution < -0.4 is 0 Å². The maximum Gasteiger partial charge on any atom is 0.293 e. The summed E-state index contributed by atoms with van der Waals surface area (Å²) in [6.45, 7) is -0.110. The maximum atomic E-state index is 9.55. The summed E-state index contributed by atoms with van der Waals surface area (Å²) in [6.07, 6.45) is 2.26. The van der Waals surface area contributed by atoms with Crippen LogP contribution in [0.2, 0.25) is 0 Å². The van der Waals surface area contributed by atoms with E-state index < -0.39 is 12.2 Å². The van der Waals surface area contributed by atoms with E-state index in [1.165, 1.54) is 0 Å². The van der Waals surface area contributed by atoms with E-state index in [-0.39, 0.29) is 13.1 Å². The monoisotopic (exact) mass is 144 g/mol. The molecule has 0 saturated carbocycles. The van der Waals surface area contributed by atoms with Crippen LogP contribution in [-0.2, 0) is 9.53 Å². The molecule has 2 atom stereocenters. The van der Waals surface area contributed by atoms with Gasteiger partial charge < -0.3 is 14.9 Å². The SMILES string of the molecule is C#CC(O)C(O)COC=O. The molecular weight excluding hydrogens is 136 g/mol. The zero-order chi connectivity index (χ0) is 7.98. The van der Waals surface area contributed by atoms with Crippen LogP contribution in [0.4, 0.5) is 0 Å². The Morgan fingerprint density at radius 3 is 2.70 bits per heavy atom. The molecule has 0 fully saturated rings. The van der Waals surface area contributed by atoms with Gasteiger partial charge in [-0.25, -0.2) is 0 Å². The number of carbonyl (C=O) groups excluding carboxylic acids is 1. The minimum absolute atomic E-state index is 0.173. The average Bonchev–Trinajstić information content (AvgIpc) is 1.98. The lowest BCUT2D eigenvalue weighted by molar-refractivity contribution is -0.132. The molecule has 0 saturated heterocycles. The minimum atomic E-state index is -1.28. The second-order valence-electron chi connectivity index (χ2n) is 1.61. The third-order valence-electron chi connectivity index (χ3n) is 0.870. The van der Waals surface area contributed by atoms with Crippen molar-refractivity contribution in [2.45, 2.75) is 12.2 Å². The van der Waals surface area contributed by atoms with Crippen molar-refractivity contribution in [3.8, 4) is 12.3 Å². The molecule has 0 spiro atoms. The lowest BCUT2D eigenvalue weighted by Gasteiger charge is -2.09. The fourth-order valence-corrected chi connectivity index (χ4v) is 0.340. The van der Waals surface area contributed by atoms with Gasteiger partial charge >= 0.3 is 0 Å². The molecular formula is C6H8O4. The number of carbonyl (C=O) groups is 1. The van der Waals surface area contributed by atoms with Crippen molar-refractivity contribution in [3.05, 3.63) is 0 Å². The molecule has 4 heteroatoms. The first-order valence-corrected chi connectivity index (χ1v) is 2.60. The van der Waals surface area contributed by atoms with E-state index in [1.807, 2.05) is 5.92 Å². The smallest absolute Gasteiger partial charge is 0.293 e. The normalized spacial score (nSPS) is 14.9. The Kier molecular flexibility index (Phi) is 4.29. The number of aliphatic hydroxyl groups excluding tert-OH is 2. The lowest BCUT2D eigenvalue weighted by Crippen LogP contribution is -2.28. The van der Waals surface area contributed by atoms with Gasteiger partial charge in [-0.05, 0) is 0 Å². The van der Waals surface area contributed by atoms with Gasteiger partial charge in [0.1, 0.15) is 18.8 Å². The summed E-state index contributed by atoms with van der Waals surface area (Å²) >= 11 is 0. The number of hydrogen-bond donors (Lipinski definition) is 2. The lowest BCUT2D eigenvalue weighted by atomic mass is 10.2. The molecule has 0 bridgehead atoms.